The number of benzene rings is 1. The van der Waals surface area contributed by atoms with Gasteiger partial charge in [-0.1, -0.05) is 98.0 Å². The number of esters is 1. The first-order chi connectivity index (χ1) is 28.9. The number of hydrogen-bond acceptors (Lipinski definition) is 6. The minimum absolute atomic E-state index is 0.0128. The Balaban J connectivity index is 0.000000759. The van der Waals surface area contributed by atoms with Crippen LogP contribution < -0.4 is 0 Å². The standard InChI is InChI=1S/C43H62ClNO5.C5H10O2.C3H8.C2H6/c1-8-45(26-28-10-9-11-30(44)22-28)21-20-43-19-16-33-32(38(43)37(27(2)3)34(46)24-43)12-13-35-41(6)18-15-31(23-29(41)14-17-42(33,35)7)50-36(47)25-40(4,5)39(48)49;1-5(2,3)4(6)7;1-3-2;1-2/h9-11,22,27,29,31-33,35H,8,12-21,23-26H2,1-7H3,(H,48,49);1-3H3,(H,6,7);3H2,1-2H3;1-2H3. The van der Waals surface area contributed by atoms with Gasteiger partial charge in [-0.2, -0.15) is 0 Å². The van der Waals surface area contributed by atoms with Crippen LogP contribution in [0.2, 0.25) is 5.02 Å². The Bertz CT molecular complexity index is 1730. The number of nitrogens with zero attached hydrogens (tertiary/aromatic N) is 1. The molecule has 8 atom stereocenters. The van der Waals surface area contributed by atoms with E-state index in [2.05, 4.69) is 65.5 Å². The molecule has 9 heteroatoms. The summed E-state index contributed by atoms with van der Waals surface area (Å²) < 4.78 is 5.96. The molecule has 2 N–H and O–H groups in total. The molecule has 0 saturated heterocycles. The van der Waals surface area contributed by atoms with Gasteiger partial charge in [-0.05, 0) is 176 Å². The Morgan fingerprint density at radius 2 is 1.52 bits per heavy atom. The van der Waals surface area contributed by atoms with Crippen LogP contribution in [0.15, 0.2) is 35.4 Å². The fourth-order valence-electron chi connectivity index (χ4n) is 12.2. The molecule has 0 heterocycles. The van der Waals surface area contributed by atoms with E-state index >= 15 is 0 Å². The van der Waals surface area contributed by atoms with Crippen molar-refractivity contribution >= 4 is 35.3 Å². The number of ether oxygens (including phenoxy) is 1. The molecule has 4 fully saturated rings. The lowest BCUT2D eigenvalue weighted by Gasteiger charge is -2.66. The molecule has 0 bridgehead atoms. The molecule has 5 aliphatic rings. The summed E-state index contributed by atoms with van der Waals surface area (Å²) in [6.07, 6.45) is 12.6. The number of allylic oxidation sites excluding steroid dienone is 2. The van der Waals surface area contributed by atoms with Gasteiger partial charge in [0.2, 0.25) is 0 Å². The molecule has 6 rings (SSSR count). The Morgan fingerprint density at radius 1 is 0.903 bits per heavy atom. The summed E-state index contributed by atoms with van der Waals surface area (Å²) in [6.45, 7) is 31.1. The lowest BCUT2D eigenvalue weighted by atomic mass is 9.39. The molecule has 8 nitrogen and oxygen atoms in total. The second-order valence-electron chi connectivity index (χ2n) is 21.8. The van der Waals surface area contributed by atoms with E-state index in [4.69, 9.17) is 21.4 Å². The van der Waals surface area contributed by atoms with Gasteiger partial charge in [0.05, 0.1) is 17.3 Å². The minimum Gasteiger partial charge on any atom is -0.481 e. The highest BCUT2D eigenvalue weighted by Gasteiger charge is 2.64. The molecular formula is C53H86ClNO7. The number of carbonyl (C=O) groups is 4. The van der Waals surface area contributed by atoms with Gasteiger partial charge in [-0.15, -0.1) is 0 Å². The lowest BCUT2D eigenvalue weighted by Crippen LogP contribution is -2.59. The number of carbonyl (C=O) groups excluding carboxylic acids is 2. The van der Waals surface area contributed by atoms with E-state index in [1.165, 1.54) is 43.2 Å². The third-order valence-corrected chi connectivity index (χ3v) is 15.7. The number of rotatable bonds is 11. The number of ketones is 1. The molecular weight excluding hydrogens is 798 g/mol. The van der Waals surface area contributed by atoms with Crippen LogP contribution >= 0.6 is 11.6 Å². The number of halogens is 1. The van der Waals surface area contributed by atoms with Crippen LogP contribution in [0.4, 0.5) is 0 Å². The van der Waals surface area contributed by atoms with Crippen LogP contribution in [0.5, 0.6) is 0 Å². The van der Waals surface area contributed by atoms with Gasteiger partial charge in [-0.25, -0.2) is 0 Å². The fraction of sp³-hybridized carbons (Fsp3) is 0.774. The van der Waals surface area contributed by atoms with Crippen molar-refractivity contribution < 1.29 is 34.1 Å². The third-order valence-electron chi connectivity index (χ3n) is 15.5. The average Bonchev–Trinajstić information content (AvgIpc) is 3.50. The van der Waals surface area contributed by atoms with Crippen molar-refractivity contribution in [2.45, 2.75) is 193 Å². The Labute approximate surface area is 381 Å². The van der Waals surface area contributed by atoms with Crippen LogP contribution in [0, 0.1) is 56.7 Å². The van der Waals surface area contributed by atoms with Crippen molar-refractivity contribution in [3.05, 3.63) is 46.0 Å². The maximum Gasteiger partial charge on any atom is 0.309 e. The molecule has 0 amide bonds. The van der Waals surface area contributed by atoms with Gasteiger partial charge in [0.15, 0.2) is 5.78 Å². The molecule has 5 aliphatic carbocycles. The topological polar surface area (TPSA) is 121 Å². The summed E-state index contributed by atoms with van der Waals surface area (Å²) in [6, 6.07) is 8.21. The SMILES string of the molecule is CC.CC(C)(C)C(=O)O.CCC.CCN(CCC12CCC3C(CCC4C5(C)CCC(OC(=O)CC(C)(C)C(=O)O)CC5CCC34C)C1=C(C(C)C)C(=O)C2)Cc1cccc(Cl)c1. The second kappa shape index (κ2) is 22.0. The molecule has 4 saturated carbocycles. The number of carboxylic acid groups (broad SMARTS) is 2. The van der Waals surface area contributed by atoms with Crippen molar-refractivity contribution in [3.8, 4) is 0 Å². The highest BCUT2D eigenvalue weighted by Crippen LogP contribution is 2.71. The predicted octanol–water partition coefficient (Wildman–Crippen LogP) is 13.5. The number of hydrogen-bond donors (Lipinski definition) is 2. The molecule has 0 aliphatic heterocycles. The number of Topliss-reactive ketones (excluding diaryl/α,β-unsaturated/α-hetero) is 1. The van der Waals surface area contributed by atoms with Crippen LogP contribution in [0.25, 0.3) is 0 Å². The number of aliphatic carboxylic acids is 2. The third kappa shape index (κ3) is 12.1. The first kappa shape index (κ1) is 53.6. The van der Waals surface area contributed by atoms with E-state index in [0.29, 0.717) is 35.9 Å². The summed E-state index contributed by atoms with van der Waals surface area (Å²) in [5, 5.41) is 18.5. The van der Waals surface area contributed by atoms with Gasteiger partial charge in [-0.3, -0.25) is 24.1 Å². The van der Waals surface area contributed by atoms with E-state index in [-0.39, 0.29) is 40.7 Å². The fourth-order valence-corrected chi connectivity index (χ4v) is 12.4. The molecule has 0 spiro atoms. The highest BCUT2D eigenvalue weighted by molar-refractivity contribution is 6.30. The lowest BCUT2D eigenvalue weighted by molar-refractivity contribution is -0.178. The highest BCUT2D eigenvalue weighted by atomic mass is 35.5. The van der Waals surface area contributed by atoms with Crippen LogP contribution in [0.3, 0.4) is 0 Å². The zero-order chi connectivity index (χ0) is 47.0. The normalized spacial score (nSPS) is 30.2. The van der Waals surface area contributed by atoms with E-state index in [1.54, 1.807) is 40.2 Å². The molecule has 8 unspecified atom stereocenters. The molecule has 0 radical (unpaired) electrons. The van der Waals surface area contributed by atoms with Crippen molar-refractivity contribution in [2.24, 2.45) is 56.7 Å². The zero-order valence-electron chi connectivity index (χ0n) is 41.3. The smallest absolute Gasteiger partial charge is 0.309 e. The minimum atomic E-state index is -1.12. The Hall–Kier alpha value is -2.71. The van der Waals surface area contributed by atoms with E-state index < -0.39 is 22.8 Å². The molecule has 0 aromatic heterocycles. The Kier molecular flexibility index (Phi) is 19.0. The molecule has 62 heavy (non-hydrogen) atoms. The quantitative estimate of drug-likeness (QED) is 0.211. The Morgan fingerprint density at radius 3 is 2.06 bits per heavy atom. The number of fused-ring (bicyclic) bond motifs is 7. The number of carboxylic acids is 2. The van der Waals surface area contributed by atoms with E-state index in [1.807, 2.05) is 26.0 Å². The van der Waals surface area contributed by atoms with E-state index in [0.717, 1.165) is 63.2 Å². The van der Waals surface area contributed by atoms with Crippen molar-refractivity contribution in [3.63, 3.8) is 0 Å². The van der Waals surface area contributed by atoms with Crippen LogP contribution in [-0.4, -0.2) is 58.0 Å². The van der Waals surface area contributed by atoms with Crippen molar-refractivity contribution in [2.75, 3.05) is 13.1 Å². The first-order valence-electron chi connectivity index (χ1n) is 24.3. The first-order valence-corrected chi connectivity index (χ1v) is 24.7. The maximum absolute atomic E-state index is 14.0. The predicted molar refractivity (Wildman–Crippen MR) is 253 cm³/mol. The second-order valence-corrected chi connectivity index (χ2v) is 22.2. The van der Waals surface area contributed by atoms with Crippen LogP contribution in [0.1, 0.15) is 186 Å². The summed E-state index contributed by atoms with van der Waals surface area (Å²) in [5.74, 6) is 0.785. The largest absolute Gasteiger partial charge is 0.481 e. The van der Waals surface area contributed by atoms with Crippen molar-refractivity contribution in [1.82, 2.24) is 4.90 Å². The summed E-state index contributed by atoms with van der Waals surface area (Å²) in [4.78, 5) is 50.9. The average molecular weight is 885 g/mol. The monoisotopic (exact) mass is 884 g/mol. The van der Waals surface area contributed by atoms with Gasteiger partial charge in [0.1, 0.15) is 6.10 Å². The molecule has 352 valence electrons. The maximum atomic E-state index is 14.0. The summed E-state index contributed by atoms with van der Waals surface area (Å²) in [7, 11) is 0. The van der Waals surface area contributed by atoms with E-state index in [9.17, 15) is 24.3 Å². The van der Waals surface area contributed by atoms with Gasteiger partial charge >= 0.3 is 17.9 Å². The molecule has 1 aromatic rings. The molecule has 1 aromatic carbocycles. The van der Waals surface area contributed by atoms with Crippen LogP contribution in [-0.2, 0) is 30.5 Å². The zero-order valence-corrected chi connectivity index (χ0v) is 42.1. The summed E-state index contributed by atoms with van der Waals surface area (Å²) >= 11 is 6.33. The van der Waals surface area contributed by atoms with Gasteiger partial charge < -0.3 is 14.9 Å². The van der Waals surface area contributed by atoms with Crippen molar-refractivity contribution in [1.29, 1.82) is 0 Å². The van der Waals surface area contributed by atoms with Gasteiger partial charge in [0.25, 0.3) is 0 Å². The summed E-state index contributed by atoms with van der Waals surface area (Å²) in [5.41, 5.74) is 2.71. The van der Waals surface area contributed by atoms with Gasteiger partial charge in [0, 0.05) is 23.4 Å².